The summed E-state index contributed by atoms with van der Waals surface area (Å²) in [6.45, 7) is 1.82. The van der Waals surface area contributed by atoms with Crippen LogP contribution in [0.1, 0.15) is 5.56 Å². The molecule has 0 spiro atoms. The van der Waals surface area contributed by atoms with E-state index in [9.17, 15) is 12.8 Å². The minimum Gasteiger partial charge on any atom is -0.398 e. The monoisotopic (exact) mass is 358 g/mol. The summed E-state index contributed by atoms with van der Waals surface area (Å²) in [7, 11) is -4.09. The van der Waals surface area contributed by atoms with E-state index in [0.717, 1.165) is 11.6 Å². The highest BCUT2D eigenvalue weighted by Crippen LogP contribution is 2.30. The number of anilines is 2. The molecule has 0 amide bonds. The Morgan fingerprint density at radius 2 is 1.85 bits per heavy atom. The average Bonchev–Trinajstić information content (AvgIpc) is 2.34. The summed E-state index contributed by atoms with van der Waals surface area (Å²) in [5.74, 6) is -0.888. The molecule has 2 aromatic rings. The first-order chi connectivity index (χ1) is 9.33. The molecule has 0 fully saturated rings. The zero-order valence-corrected chi connectivity index (χ0v) is 12.9. The van der Waals surface area contributed by atoms with E-state index >= 15 is 0 Å². The van der Waals surface area contributed by atoms with Gasteiger partial charge in [0.2, 0.25) is 0 Å². The predicted octanol–water partition coefficient (Wildman–Crippen LogP) is 3.28. The third-order valence-electron chi connectivity index (χ3n) is 2.70. The Hall–Kier alpha value is -1.60. The zero-order valence-electron chi connectivity index (χ0n) is 10.5. The number of hydrogen-bond acceptors (Lipinski definition) is 3. The van der Waals surface area contributed by atoms with Crippen LogP contribution in [0.2, 0.25) is 0 Å². The summed E-state index contributed by atoms with van der Waals surface area (Å²) in [4.78, 5) is -0.548. The lowest BCUT2D eigenvalue weighted by molar-refractivity contribution is 0.572. The Bertz CT molecular complexity index is 743. The van der Waals surface area contributed by atoms with Gasteiger partial charge in [-0.05, 0) is 46.6 Å². The van der Waals surface area contributed by atoms with E-state index in [1.54, 1.807) is 12.1 Å². The van der Waals surface area contributed by atoms with Gasteiger partial charge in [-0.2, -0.15) is 0 Å². The van der Waals surface area contributed by atoms with E-state index < -0.39 is 20.7 Å². The third-order valence-corrected chi connectivity index (χ3v) is 5.21. The molecule has 0 saturated carbocycles. The molecule has 0 atom stereocenters. The molecule has 0 bridgehead atoms. The summed E-state index contributed by atoms with van der Waals surface area (Å²) in [6.07, 6.45) is 0. The predicted molar refractivity (Wildman–Crippen MR) is 80.5 cm³/mol. The third kappa shape index (κ3) is 2.78. The Morgan fingerprint density at radius 1 is 1.20 bits per heavy atom. The van der Waals surface area contributed by atoms with Crippen LogP contribution in [-0.4, -0.2) is 8.42 Å². The molecule has 0 aliphatic heterocycles. The fourth-order valence-corrected chi connectivity index (χ4v) is 3.49. The van der Waals surface area contributed by atoms with Crippen LogP contribution in [0.4, 0.5) is 15.8 Å². The van der Waals surface area contributed by atoms with Crippen molar-refractivity contribution in [3.8, 4) is 0 Å². The highest BCUT2D eigenvalue weighted by Gasteiger charge is 2.23. The van der Waals surface area contributed by atoms with Crippen molar-refractivity contribution in [2.45, 2.75) is 11.8 Å². The second-order valence-electron chi connectivity index (χ2n) is 4.20. The van der Waals surface area contributed by atoms with Gasteiger partial charge >= 0.3 is 0 Å². The first-order valence-electron chi connectivity index (χ1n) is 5.65. The Morgan fingerprint density at radius 3 is 2.50 bits per heavy atom. The van der Waals surface area contributed by atoms with Crippen molar-refractivity contribution < 1.29 is 12.8 Å². The smallest absolute Gasteiger partial charge is 0.266 e. The number of halogens is 2. The molecule has 3 N–H and O–H groups in total. The molecule has 0 radical (unpaired) electrons. The Labute approximate surface area is 125 Å². The van der Waals surface area contributed by atoms with Crippen LogP contribution < -0.4 is 10.5 Å². The Balaban J connectivity index is 2.50. The molecule has 2 rings (SSSR count). The maximum Gasteiger partial charge on any atom is 0.266 e. The van der Waals surface area contributed by atoms with Crippen LogP contribution in [0, 0.1) is 12.7 Å². The normalized spacial score (nSPS) is 11.3. The van der Waals surface area contributed by atoms with E-state index in [4.69, 9.17) is 5.73 Å². The lowest BCUT2D eigenvalue weighted by Crippen LogP contribution is -2.17. The van der Waals surface area contributed by atoms with Crippen molar-refractivity contribution >= 4 is 37.3 Å². The van der Waals surface area contributed by atoms with Gasteiger partial charge in [0.25, 0.3) is 10.0 Å². The average molecular weight is 359 g/mol. The van der Waals surface area contributed by atoms with Crippen LogP contribution in [0.25, 0.3) is 0 Å². The van der Waals surface area contributed by atoms with Crippen LogP contribution in [-0.2, 0) is 10.0 Å². The van der Waals surface area contributed by atoms with E-state index in [0.29, 0.717) is 10.2 Å². The van der Waals surface area contributed by atoms with Gasteiger partial charge in [0, 0.05) is 4.47 Å². The van der Waals surface area contributed by atoms with Gasteiger partial charge in [-0.3, -0.25) is 4.72 Å². The number of hydrogen-bond donors (Lipinski definition) is 2. The van der Waals surface area contributed by atoms with Gasteiger partial charge in [0.15, 0.2) is 0 Å². The van der Waals surface area contributed by atoms with Crippen molar-refractivity contribution in [2.75, 3.05) is 10.5 Å². The molecule has 0 aliphatic rings. The topological polar surface area (TPSA) is 72.2 Å². The number of benzene rings is 2. The molecular formula is C13H12BrFN2O2S. The van der Waals surface area contributed by atoms with Gasteiger partial charge in [0.1, 0.15) is 10.7 Å². The molecule has 0 unspecified atom stereocenters. The molecule has 20 heavy (non-hydrogen) atoms. The molecule has 0 aromatic heterocycles. The van der Waals surface area contributed by atoms with Gasteiger partial charge in [-0.1, -0.05) is 18.2 Å². The second-order valence-corrected chi connectivity index (χ2v) is 6.61. The minimum atomic E-state index is -4.09. The summed E-state index contributed by atoms with van der Waals surface area (Å²) in [5, 5.41) is 0. The molecule has 0 saturated heterocycles. The molecular weight excluding hydrogens is 347 g/mol. The van der Waals surface area contributed by atoms with Crippen molar-refractivity contribution in [3.05, 3.63) is 52.3 Å². The van der Waals surface area contributed by atoms with Crippen molar-refractivity contribution in [1.29, 1.82) is 0 Å². The molecule has 2 aromatic carbocycles. The summed E-state index contributed by atoms with van der Waals surface area (Å²) in [6, 6.07) is 8.83. The lowest BCUT2D eigenvalue weighted by Gasteiger charge is -2.13. The summed E-state index contributed by atoms with van der Waals surface area (Å²) < 4.78 is 41.2. The molecule has 0 heterocycles. The van der Waals surface area contributed by atoms with Crippen LogP contribution in [0.5, 0.6) is 0 Å². The maximum absolute atomic E-state index is 13.7. The van der Waals surface area contributed by atoms with Crippen LogP contribution in [0.3, 0.4) is 0 Å². The van der Waals surface area contributed by atoms with E-state index in [-0.39, 0.29) is 5.69 Å². The second kappa shape index (κ2) is 5.41. The number of nitrogens with one attached hydrogen (secondary N) is 1. The fourth-order valence-electron chi connectivity index (χ4n) is 1.73. The number of sulfonamides is 1. The minimum absolute atomic E-state index is 0.138. The van der Waals surface area contributed by atoms with E-state index in [1.807, 2.05) is 13.0 Å². The maximum atomic E-state index is 13.7. The van der Waals surface area contributed by atoms with Crippen molar-refractivity contribution in [1.82, 2.24) is 0 Å². The first-order valence-corrected chi connectivity index (χ1v) is 7.92. The van der Waals surface area contributed by atoms with Gasteiger partial charge in [-0.25, -0.2) is 12.8 Å². The van der Waals surface area contributed by atoms with Gasteiger partial charge < -0.3 is 5.73 Å². The molecule has 7 heteroatoms. The number of aryl methyl sites for hydroxylation is 1. The lowest BCUT2D eigenvalue weighted by atomic mass is 10.2. The van der Waals surface area contributed by atoms with Crippen LogP contribution >= 0.6 is 15.9 Å². The highest BCUT2D eigenvalue weighted by atomic mass is 79.9. The zero-order chi connectivity index (χ0) is 14.9. The number of nitrogens with two attached hydrogens (primary N) is 1. The van der Waals surface area contributed by atoms with Gasteiger partial charge in [-0.15, -0.1) is 0 Å². The van der Waals surface area contributed by atoms with Crippen molar-refractivity contribution in [2.24, 2.45) is 0 Å². The molecule has 4 nitrogen and oxygen atoms in total. The van der Waals surface area contributed by atoms with E-state index in [1.165, 1.54) is 12.1 Å². The number of nitrogen functional groups attached to an aromatic ring is 1. The SMILES string of the molecule is Cc1cccc(NS(=O)(=O)c2c(N)cccc2F)c1Br. The number of rotatable bonds is 3. The first kappa shape index (κ1) is 14.8. The summed E-state index contributed by atoms with van der Waals surface area (Å²) in [5.41, 5.74) is 6.60. The van der Waals surface area contributed by atoms with Crippen molar-refractivity contribution in [3.63, 3.8) is 0 Å². The summed E-state index contributed by atoms with van der Waals surface area (Å²) >= 11 is 3.29. The Kier molecular flexibility index (Phi) is 4.01. The van der Waals surface area contributed by atoms with E-state index in [2.05, 4.69) is 20.7 Å². The molecule has 106 valence electrons. The largest absolute Gasteiger partial charge is 0.398 e. The quantitative estimate of drug-likeness (QED) is 0.827. The van der Waals surface area contributed by atoms with Gasteiger partial charge in [0.05, 0.1) is 11.4 Å². The fraction of sp³-hybridized carbons (Fsp3) is 0.0769. The standard InChI is InChI=1S/C13H12BrFN2O2S/c1-8-4-2-7-11(12(8)14)17-20(18,19)13-9(15)5-3-6-10(13)16/h2-7,17H,16H2,1H3. The molecule has 0 aliphatic carbocycles. The highest BCUT2D eigenvalue weighted by molar-refractivity contribution is 9.10. The van der Waals surface area contributed by atoms with Crippen LogP contribution in [0.15, 0.2) is 45.8 Å².